The summed E-state index contributed by atoms with van der Waals surface area (Å²) in [4.78, 5) is 18.5. The van der Waals surface area contributed by atoms with Crippen molar-refractivity contribution in [2.24, 2.45) is 13.0 Å². The molecule has 0 fully saturated rings. The van der Waals surface area contributed by atoms with Gasteiger partial charge in [-0.15, -0.1) is 5.10 Å². The number of likely N-dealkylation sites (N-methyl/N-ethyl adjacent to an activating group) is 1. The van der Waals surface area contributed by atoms with Gasteiger partial charge in [0.15, 0.2) is 5.03 Å². The number of aromatic nitrogens is 5. The van der Waals surface area contributed by atoms with E-state index in [1.54, 1.807) is 34.3 Å². The molecule has 1 aliphatic rings. The second kappa shape index (κ2) is 10.7. The van der Waals surface area contributed by atoms with Crippen LogP contribution in [-0.2, 0) is 39.8 Å². The van der Waals surface area contributed by atoms with Crippen LogP contribution in [0.5, 0.6) is 0 Å². The van der Waals surface area contributed by atoms with Crippen LogP contribution < -0.4 is 0 Å². The van der Waals surface area contributed by atoms with Crippen molar-refractivity contribution in [3.05, 3.63) is 24.4 Å². The van der Waals surface area contributed by atoms with Crippen LogP contribution in [0.1, 0.15) is 32.4 Å². The summed E-state index contributed by atoms with van der Waals surface area (Å²) >= 11 is 0. The monoisotopic (exact) mass is 483 g/mol. The number of hydrogen-bond acceptors (Lipinski definition) is 8. The molecule has 12 nitrogen and oxygen atoms in total. The lowest BCUT2D eigenvalue weighted by atomic mass is 10.0. The van der Waals surface area contributed by atoms with Gasteiger partial charge in [0.1, 0.15) is 0 Å². The summed E-state index contributed by atoms with van der Waals surface area (Å²) < 4.78 is 36.7. The van der Waals surface area contributed by atoms with Gasteiger partial charge in [-0.05, 0) is 13.3 Å². The highest BCUT2D eigenvalue weighted by atomic mass is 32.2. The second-order valence-corrected chi connectivity index (χ2v) is 10.6. The highest BCUT2D eigenvalue weighted by Gasteiger charge is 2.32. The van der Waals surface area contributed by atoms with Gasteiger partial charge in [-0.3, -0.25) is 4.79 Å². The number of fused-ring (bicyclic) bond motifs is 1. The predicted molar refractivity (Wildman–Crippen MR) is 118 cm³/mol. The summed E-state index contributed by atoms with van der Waals surface area (Å²) in [5.74, 6) is -0.285. The van der Waals surface area contributed by atoms with Gasteiger partial charge in [0.05, 0.1) is 43.6 Å². The van der Waals surface area contributed by atoms with E-state index in [0.717, 1.165) is 5.69 Å². The number of aliphatic hydroxyl groups excluding tert-OH is 1. The zero-order valence-corrected chi connectivity index (χ0v) is 20.3. The number of aliphatic hydroxyl groups is 1. The maximum Gasteiger partial charge on any atom is 0.261 e. The van der Waals surface area contributed by atoms with Crippen LogP contribution in [0.3, 0.4) is 0 Å². The molecule has 3 atom stereocenters. The largest absolute Gasteiger partial charge is 0.394 e. The molecular weight excluding hydrogens is 450 g/mol. The number of rotatable bonds is 6. The summed E-state index contributed by atoms with van der Waals surface area (Å²) in [6, 6.07) is -0.361. The molecule has 0 radical (unpaired) electrons. The van der Waals surface area contributed by atoms with Crippen LogP contribution in [0.4, 0.5) is 0 Å². The fourth-order valence-corrected chi connectivity index (χ4v) is 4.92. The molecule has 0 aliphatic carbocycles. The van der Waals surface area contributed by atoms with Crippen LogP contribution in [0.25, 0.3) is 0 Å². The van der Waals surface area contributed by atoms with Gasteiger partial charge in [0.2, 0.25) is 5.91 Å². The molecule has 184 valence electrons. The molecule has 0 unspecified atom stereocenters. The van der Waals surface area contributed by atoms with Gasteiger partial charge < -0.3 is 19.3 Å². The van der Waals surface area contributed by atoms with Gasteiger partial charge in [-0.1, -0.05) is 12.1 Å². The van der Waals surface area contributed by atoms with Crippen molar-refractivity contribution in [2.45, 2.75) is 57.0 Å². The Morgan fingerprint density at radius 1 is 1.39 bits per heavy atom. The van der Waals surface area contributed by atoms with E-state index in [1.165, 1.54) is 23.9 Å². The molecule has 2 aromatic heterocycles. The summed E-state index contributed by atoms with van der Waals surface area (Å²) in [5.41, 5.74) is 0.760. The molecule has 13 heteroatoms. The topological polar surface area (TPSA) is 136 Å². The number of carbonyl (C=O) groups is 1. The minimum atomic E-state index is -3.82. The highest BCUT2D eigenvalue weighted by Crippen LogP contribution is 2.20. The first-order chi connectivity index (χ1) is 15.6. The van der Waals surface area contributed by atoms with Crippen LogP contribution in [0.2, 0.25) is 0 Å². The molecule has 0 saturated carbocycles. The van der Waals surface area contributed by atoms with Crippen molar-refractivity contribution in [1.82, 2.24) is 33.8 Å². The SMILES string of the molecule is C[C@H]1CN([C@@H](C)CO)C(=O)CCCn2nncc2CO[C@@H]1CN(C)S(=O)(=O)c1cn(C)cn1. The van der Waals surface area contributed by atoms with E-state index in [1.807, 2.05) is 6.92 Å². The number of ether oxygens (including phenoxy) is 1. The Balaban J connectivity index is 1.86. The smallest absolute Gasteiger partial charge is 0.261 e. The second-order valence-electron chi connectivity index (χ2n) is 8.62. The van der Waals surface area contributed by atoms with Gasteiger partial charge >= 0.3 is 0 Å². The van der Waals surface area contributed by atoms with E-state index < -0.39 is 16.1 Å². The van der Waals surface area contributed by atoms with Crippen molar-refractivity contribution in [2.75, 3.05) is 26.7 Å². The Kier molecular flexibility index (Phi) is 8.21. The molecule has 2 aromatic rings. The molecule has 1 amide bonds. The Bertz CT molecular complexity index is 1040. The van der Waals surface area contributed by atoms with Gasteiger partial charge in [-0.2, -0.15) is 4.31 Å². The maximum atomic E-state index is 13.0. The van der Waals surface area contributed by atoms with Gasteiger partial charge in [0.25, 0.3) is 10.0 Å². The number of carbonyl (C=O) groups excluding carboxylic acids is 1. The fraction of sp³-hybridized carbons (Fsp3) is 0.700. The van der Waals surface area contributed by atoms with Crippen LogP contribution in [0.15, 0.2) is 23.7 Å². The van der Waals surface area contributed by atoms with Gasteiger partial charge in [0, 0.05) is 52.3 Å². The maximum absolute atomic E-state index is 13.0. The van der Waals surface area contributed by atoms with Crippen LogP contribution in [0, 0.1) is 5.92 Å². The van der Waals surface area contributed by atoms with E-state index >= 15 is 0 Å². The van der Waals surface area contributed by atoms with Crippen molar-refractivity contribution in [1.29, 1.82) is 0 Å². The first-order valence-electron chi connectivity index (χ1n) is 11.0. The van der Waals surface area contributed by atoms with E-state index in [0.29, 0.717) is 25.9 Å². The number of nitrogens with zero attached hydrogens (tertiary/aromatic N) is 7. The minimum absolute atomic E-state index is 0.0405. The first kappa shape index (κ1) is 25.3. The Labute approximate surface area is 194 Å². The quantitative estimate of drug-likeness (QED) is 0.600. The third kappa shape index (κ3) is 5.96. The summed E-state index contributed by atoms with van der Waals surface area (Å²) in [6.45, 7) is 4.67. The molecule has 0 bridgehead atoms. The number of imidazole rings is 1. The lowest BCUT2D eigenvalue weighted by Gasteiger charge is -2.35. The number of amides is 1. The Morgan fingerprint density at radius 2 is 2.15 bits per heavy atom. The average Bonchev–Trinajstić information content (AvgIpc) is 3.42. The zero-order chi connectivity index (χ0) is 24.2. The number of hydrogen-bond donors (Lipinski definition) is 1. The summed E-state index contributed by atoms with van der Waals surface area (Å²) in [5, 5.41) is 17.7. The molecule has 3 rings (SSSR count). The van der Waals surface area contributed by atoms with E-state index in [2.05, 4.69) is 15.3 Å². The molecule has 33 heavy (non-hydrogen) atoms. The van der Waals surface area contributed by atoms with Crippen molar-refractivity contribution in [3.8, 4) is 0 Å². The van der Waals surface area contributed by atoms with E-state index in [9.17, 15) is 18.3 Å². The Hall–Kier alpha value is -2.35. The third-order valence-corrected chi connectivity index (χ3v) is 7.64. The normalized spacial score (nSPS) is 22.0. The molecular formula is C20H33N7O5S. The van der Waals surface area contributed by atoms with Gasteiger partial charge in [-0.25, -0.2) is 18.1 Å². The molecule has 0 saturated heterocycles. The van der Waals surface area contributed by atoms with E-state index in [4.69, 9.17) is 4.74 Å². The van der Waals surface area contributed by atoms with Crippen LogP contribution in [-0.4, -0.2) is 92.1 Å². The lowest BCUT2D eigenvalue weighted by Crippen LogP contribution is -2.47. The first-order valence-corrected chi connectivity index (χ1v) is 12.4. The Morgan fingerprint density at radius 3 is 2.82 bits per heavy atom. The van der Waals surface area contributed by atoms with Crippen molar-refractivity contribution < 1.29 is 23.1 Å². The molecule has 0 aromatic carbocycles. The standard InChI is InChI=1S/C20H33N7O5S/c1-15-9-26(16(2)12-28)20(29)6-5-7-27-17(8-22-23-27)13-32-18(15)10-25(4)33(30,31)19-11-24(3)14-21-19/h8,11,14-16,18,28H,5-7,9-10,12-13H2,1-4H3/t15-,16-,18+/m0/s1. The minimum Gasteiger partial charge on any atom is -0.394 e. The number of aryl methyl sites for hydroxylation is 2. The number of sulfonamides is 1. The van der Waals surface area contributed by atoms with E-state index in [-0.39, 0.29) is 42.7 Å². The average molecular weight is 484 g/mol. The van der Waals surface area contributed by atoms with Crippen molar-refractivity contribution in [3.63, 3.8) is 0 Å². The van der Waals surface area contributed by atoms with Crippen LogP contribution >= 0.6 is 0 Å². The third-order valence-electron chi connectivity index (χ3n) is 5.93. The highest BCUT2D eigenvalue weighted by molar-refractivity contribution is 7.89. The summed E-state index contributed by atoms with van der Waals surface area (Å²) in [6.07, 6.45) is 4.87. The van der Waals surface area contributed by atoms with Crippen molar-refractivity contribution >= 4 is 15.9 Å². The summed E-state index contributed by atoms with van der Waals surface area (Å²) in [7, 11) is -0.624. The zero-order valence-electron chi connectivity index (χ0n) is 19.5. The molecule has 0 spiro atoms. The molecule has 1 N–H and O–H groups in total. The fourth-order valence-electron chi connectivity index (χ4n) is 3.78. The lowest BCUT2D eigenvalue weighted by molar-refractivity contribution is -0.136. The molecule has 1 aliphatic heterocycles. The predicted octanol–water partition coefficient (Wildman–Crippen LogP) is -0.143. The molecule has 3 heterocycles.